The number of aliphatic imine (C=N–C) groups is 1. The lowest BCUT2D eigenvalue weighted by molar-refractivity contribution is -0.148. The largest absolute Gasteiger partial charge is 0.462 e. The number of carbonyl (C=O) groups is 2. The van der Waals surface area contributed by atoms with E-state index in [0.717, 1.165) is 25.7 Å². The molecule has 0 aromatic rings. The first-order valence-corrected chi connectivity index (χ1v) is 8.75. The molecule has 1 rings (SSSR count). The van der Waals surface area contributed by atoms with Crippen molar-refractivity contribution in [3.05, 3.63) is 0 Å². The van der Waals surface area contributed by atoms with Gasteiger partial charge in [-0.25, -0.2) is 0 Å². The monoisotopic (exact) mass is 468 g/mol. The molecular weight excluding hydrogens is 435 g/mol. The van der Waals surface area contributed by atoms with E-state index in [1.165, 1.54) is 0 Å². The lowest BCUT2D eigenvalue weighted by Crippen LogP contribution is -2.48. The van der Waals surface area contributed by atoms with Gasteiger partial charge in [-0.2, -0.15) is 0 Å². The third kappa shape index (κ3) is 12.0. The smallest absolute Gasteiger partial charge is 0.306 e. The summed E-state index contributed by atoms with van der Waals surface area (Å²) in [5.74, 6) is 0.324. The third-order valence-electron chi connectivity index (χ3n) is 3.60. The summed E-state index contributed by atoms with van der Waals surface area (Å²) in [6.45, 7) is 6.55. The van der Waals surface area contributed by atoms with Crippen LogP contribution in [0.4, 0.5) is 0 Å². The van der Waals surface area contributed by atoms with Crippen LogP contribution in [0.3, 0.4) is 0 Å². The van der Waals surface area contributed by atoms with Gasteiger partial charge < -0.3 is 20.7 Å². The average molecular weight is 468 g/mol. The van der Waals surface area contributed by atoms with Gasteiger partial charge in [-0.15, -0.1) is 24.0 Å². The molecule has 146 valence electrons. The van der Waals surface area contributed by atoms with Gasteiger partial charge in [0.05, 0.1) is 6.54 Å². The predicted molar refractivity (Wildman–Crippen MR) is 110 cm³/mol. The number of esters is 1. The van der Waals surface area contributed by atoms with Crippen LogP contribution in [0.1, 0.15) is 59.3 Å². The van der Waals surface area contributed by atoms with Crippen molar-refractivity contribution in [2.24, 2.45) is 4.99 Å². The van der Waals surface area contributed by atoms with Crippen LogP contribution in [0, 0.1) is 0 Å². The second kappa shape index (κ2) is 12.3. The number of hydrogen-bond donors (Lipinski definition) is 3. The first kappa shape index (κ1) is 23.9. The molecule has 0 saturated heterocycles. The standard InChI is InChI=1S/C17H32N4O3.HI/c1-17(2,3)21-14(22)12-20-16(18-4)19-11-7-10-15(23)24-13-8-5-6-9-13;/h13H,5-12H2,1-4H3,(H,21,22)(H2,18,19,20);1H. The molecule has 0 heterocycles. The van der Waals surface area contributed by atoms with Crippen molar-refractivity contribution in [3.63, 3.8) is 0 Å². The molecule has 1 fully saturated rings. The number of guanidine groups is 1. The van der Waals surface area contributed by atoms with Crippen LogP contribution in [0.25, 0.3) is 0 Å². The van der Waals surface area contributed by atoms with Crippen LogP contribution >= 0.6 is 24.0 Å². The molecule has 3 N–H and O–H groups in total. The summed E-state index contributed by atoms with van der Waals surface area (Å²) in [6.07, 6.45) is 5.50. The molecule has 0 aromatic carbocycles. The minimum absolute atomic E-state index is 0. The molecule has 0 unspecified atom stereocenters. The Balaban J connectivity index is 0.00000576. The number of halogens is 1. The lowest BCUT2D eigenvalue weighted by atomic mass is 10.1. The number of amides is 1. The molecule has 25 heavy (non-hydrogen) atoms. The Morgan fingerprint density at radius 3 is 2.36 bits per heavy atom. The molecule has 1 amide bonds. The highest BCUT2D eigenvalue weighted by Gasteiger charge is 2.18. The maximum absolute atomic E-state index is 11.7. The van der Waals surface area contributed by atoms with E-state index in [2.05, 4.69) is 20.9 Å². The second-order valence-electron chi connectivity index (χ2n) is 7.15. The minimum Gasteiger partial charge on any atom is -0.462 e. The van der Waals surface area contributed by atoms with Crippen molar-refractivity contribution in [2.75, 3.05) is 20.1 Å². The van der Waals surface area contributed by atoms with Gasteiger partial charge in [0.25, 0.3) is 0 Å². The molecule has 0 aliphatic heterocycles. The zero-order chi connectivity index (χ0) is 18.0. The number of nitrogens with zero attached hydrogens (tertiary/aromatic N) is 1. The van der Waals surface area contributed by atoms with Gasteiger partial charge >= 0.3 is 5.97 Å². The number of rotatable bonds is 7. The van der Waals surface area contributed by atoms with Crippen LogP contribution in [0.15, 0.2) is 4.99 Å². The molecule has 0 bridgehead atoms. The summed E-state index contributed by atoms with van der Waals surface area (Å²) in [7, 11) is 1.64. The minimum atomic E-state index is -0.255. The van der Waals surface area contributed by atoms with E-state index < -0.39 is 0 Å². The molecule has 8 heteroatoms. The Morgan fingerprint density at radius 1 is 1.16 bits per heavy atom. The van der Waals surface area contributed by atoms with E-state index in [9.17, 15) is 9.59 Å². The summed E-state index contributed by atoms with van der Waals surface area (Å²) < 4.78 is 5.40. The highest BCUT2D eigenvalue weighted by atomic mass is 127. The van der Waals surface area contributed by atoms with Gasteiger partial charge in [-0.05, 0) is 52.9 Å². The maximum atomic E-state index is 11.7. The normalized spacial score (nSPS) is 15.3. The third-order valence-corrected chi connectivity index (χ3v) is 3.60. The number of nitrogens with one attached hydrogen (secondary N) is 3. The molecule has 1 aliphatic carbocycles. The second-order valence-corrected chi connectivity index (χ2v) is 7.15. The first-order valence-electron chi connectivity index (χ1n) is 8.75. The van der Waals surface area contributed by atoms with Crippen LogP contribution in [0.5, 0.6) is 0 Å². The molecule has 0 spiro atoms. The van der Waals surface area contributed by atoms with Gasteiger partial charge in [0.1, 0.15) is 6.10 Å². The van der Waals surface area contributed by atoms with E-state index in [1.807, 2.05) is 20.8 Å². The van der Waals surface area contributed by atoms with Crippen LogP contribution < -0.4 is 16.0 Å². The van der Waals surface area contributed by atoms with Crippen LogP contribution in [-0.4, -0.2) is 49.6 Å². The van der Waals surface area contributed by atoms with Gasteiger partial charge in [0.2, 0.25) is 5.91 Å². The van der Waals surface area contributed by atoms with Gasteiger partial charge in [-0.1, -0.05) is 0 Å². The Kier molecular flexibility index (Phi) is 11.8. The Hall–Kier alpha value is -1.06. The van der Waals surface area contributed by atoms with Crippen LogP contribution in [0.2, 0.25) is 0 Å². The number of carbonyl (C=O) groups excluding carboxylic acids is 2. The molecule has 7 nitrogen and oxygen atoms in total. The summed E-state index contributed by atoms with van der Waals surface area (Å²) >= 11 is 0. The lowest BCUT2D eigenvalue weighted by Gasteiger charge is -2.21. The summed E-state index contributed by atoms with van der Waals surface area (Å²) in [4.78, 5) is 27.5. The fourth-order valence-electron chi connectivity index (χ4n) is 2.54. The van der Waals surface area contributed by atoms with Crippen molar-refractivity contribution in [2.45, 2.75) is 70.9 Å². The Morgan fingerprint density at radius 2 is 1.80 bits per heavy atom. The van der Waals surface area contributed by atoms with Crippen molar-refractivity contribution in [1.29, 1.82) is 0 Å². The van der Waals surface area contributed by atoms with Crippen molar-refractivity contribution in [1.82, 2.24) is 16.0 Å². The van der Waals surface area contributed by atoms with E-state index >= 15 is 0 Å². The summed E-state index contributed by atoms with van der Waals surface area (Å²) in [6, 6.07) is 0. The van der Waals surface area contributed by atoms with Gasteiger partial charge in [0.15, 0.2) is 5.96 Å². The van der Waals surface area contributed by atoms with E-state index in [0.29, 0.717) is 25.3 Å². The molecule has 1 aliphatic rings. The Labute approximate surface area is 168 Å². The predicted octanol–water partition coefficient (Wildman–Crippen LogP) is 1.95. The van der Waals surface area contributed by atoms with E-state index in [-0.39, 0.29) is 54.0 Å². The van der Waals surface area contributed by atoms with E-state index in [4.69, 9.17) is 4.74 Å². The van der Waals surface area contributed by atoms with Crippen molar-refractivity contribution < 1.29 is 14.3 Å². The van der Waals surface area contributed by atoms with Crippen molar-refractivity contribution in [3.8, 4) is 0 Å². The number of ether oxygens (including phenoxy) is 1. The van der Waals surface area contributed by atoms with Gasteiger partial charge in [-0.3, -0.25) is 14.6 Å². The SMILES string of the molecule is CN=C(NCCCC(=O)OC1CCCC1)NCC(=O)NC(C)(C)C.I. The van der Waals surface area contributed by atoms with Crippen LogP contribution in [-0.2, 0) is 14.3 Å². The highest BCUT2D eigenvalue weighted by Crippen LogP contribution is 2.21. The zero-order valence-corrected chi connectivity index (χ0v) is 18.1. The molecule has 0 aromatic heterocycles. The first-order chi connectivity index (χ1) is 11.3. The van der Waals surface area contributed by atoms with Crippen molar-refractivity contribution >= 4 is 41.8 Å². The quantitative estimate of drug-likeness (QED) is 0.175. The molecule has 0 radical (unpaired) electrons. The fraction of sp³-hybridized carbons (Fsp3) is 0.824. The summed E-state index contributed by atoms with van der Waals surface area (Å²) in [5.41, 5.74) is -0.255. The zero-order valence-electron chi connectivity index (χ0n) is 15.8. The molecule has 0 atom stereocenters. The molecule has 1 saturated carbocycles. The van der Waals surface area contributed by atoms with Gasteiger partial charge in [0, 0.05) is 25.6 Å². The maximum Gasteiger partial charge on any atom is 0.306 e. The molecular formula is C17H33IN4O3. The average Bonchev–Trinajstić information content (AvgIpc) is 2.97. The summed E-state index contributed by atoms with van der Waals surface area (Å²) in [5, 5.41) is 8.91. The topological polar surface area (TPSA) is 91.8 Å². The number of hydrogen-bond acceptors (Lipinski definition) is 4. The Bertz CT molecular complexity index is 444. The van der Waals surface area contributed by atoms with E-state index in [1.54, 1.807) is 7.05 Å². The fourth-order valence-corrected chi connectivity index (χ4v) is 2.54. The highest BCUT2D eigenvalue weighted by molar-refractivity contribution is 14.0.